The van der Waals surface area contributed by atoms with Crippen molar-refractivity contribution in [3.8, 4) is 6.07 Å². The Morgan fingerprint density at radius 1 is 1.67 bits per heavy atom. The number of nitrogens with zero attached hydrogens (tertiary/aromatic N) is 2. The molecule has 1 amide bonds. The van der Waals surface area contributed by atoms with Gasteiger partial charge in [-0.05, 0) is 26.0 Å². The number of rotatable bonds is 3. The molecule has 0 atom stereocenters. The number of nitrogens with one attached hydrogen (secondary N) is 1. The standard InChI is InChI=1S/C11H15N3O/c1-11(2,8-12)10(15)13-7-9-5-4-6-14(9)3/h4-6H,7H2,1-3H3,(H,13,15). The van der Waals surface area contributed by atoms with Crippen LogP contribution in [-0.2, 0) is 18.4 Å². The van der Waals surface area contributed by atoms with E-state index in [0.29, 0.717) is 6.54 Å². The normalized spacial score (nSPS) is 10.8. The minimum absolute atomic E-state index is 0.244. The molecule has 4 nitrogen and oxygen atoms in total. The first kappa shape index (κ1) is 11.3. The monoisotopic (exact) mass is 205 g/mol. The van der Waals surface area contributed by atoms with Crippen molar-refractivity contribution in [1.82, 2.24) is 9.88 Å². The zero-order chi connectivity index (χ0) is 11.5. The first-order valence-electron chi connectivity index (χ1n) is 4.77. The Labute approximate surface area is 89.5 Å². The summed E-state index contributed by atoms with van der Waals surface area (Å²) in [5.74, 6) is -0.244. The van der Waals surface area contributed by atoms with Crippen LogP contribution in [0.1, 0.15) is 19.5 Å². The van der Waals surface area contributed by atoms with Gasteiger partial charge in [-0.25, -0.2) is 0 Å². The maximum absolute atomic E-state index is 11.6. The predicted molar refractivity (Wildman–Crippen MR) is 56.7 cm³/mol. The molecule has 4 heteroatoms. The second-order valence-corrected chi connectivity index (χ2v) is 4.03. The molecule has 0 aliphatic rings. The van der Waals surface area contributed by atoms with E-state index in [2.05, 4.69) is 5.32 Å². The van der Waals surface area contributed by atoms with Crippen molar-refractivity contribution in [2.75, 3.05) is 0 Å². The molecule has 0 bridgehead atoms. The van der Waals surface area contributed by atoms with Crippen LogP contribution in [0, 0.1) is 16.7 Å². The van der Waals surface area contributed by atoms with Crippen LogP contribution in [-0.4, -0.2) is 10.5 Å². The van der Waals surface area contributed by atoms with Gasteiger partial charge in [-0.15, -0.1) is 0 Å². The van der Waals surface area contributed by atoms with Crippen molar-refractivity contribution in [2.45, 2.75) is 20.4 Å². The highest BCUT2D eigenvalue weighted by Crippen LogP contribution is 2.13. The van der Waals surface area contributed by atoms with Gasteiger partial charge in [-0.1, -0.05) is 0 Å². The van der Waals surface area contributed by atoms with Crippen LogP contribution >= 0.6 is 0 Å². The molecule has 0 spiro atoms. The Bertz CT molecular complexity index is 398. The lowest BCUT2D eigenvalue weighted by Crippen LogP contribution is -2.35. The number of carbonyl (C=O) groups is 1. The van der Waals surface area contributed by atoms with Gasteiger partial charge >= 0.3 is 0 Å². The fourth-order valence-electron chi connectivity index (χ4n) is 1.12. The molecule has 0 fully saturated rings. The third-order valence-corrected chi connectivity index (χ3v) is 2.33. The van der Waals surface area contributed by atoms with E-state index in [9.17, 15) is 4.79 Å². The molecule has 1 heterocycles. The van der Waals surface area contributed by atoms with Crippen LogP contribution in [0.5, 0.6) is 0 Å². The minimum atomic E-state index is -0.967. The third-order valence-electron chi connectivity index (χ3n) is 2.33. The Hall–Kier alpha value is -1.76. The van der Waals surface area contributed by atoms with Gasteiger partial charge in [-0.3, -0.25) is 4.79 Å². The highest BCUT2D eigenvalue weighted by molar-refractivity contribution is 5.84. The molecule has 0 aliphatic heterocycles. The molecule has 1 aromatic heterocycles. The quantitative estimate of drug-likeness (QED) is 0.805. The van der Waals surface area contributed by atoms with Gasteiger partial charge < -0.3 is 9.88 Å². The van der Waals surface area contributed by atoms with Crippen LogP contribution in [0.25, 0.3) is 0 Å². The highest BCUT2D eigenvalue weighted by Gasteiger charge is 2.26. The first-order valence-corrected chi connectivity index (χ1v) is 4.77. The van der Waals surface area contributed by atoms with Crippen molar-refractivity contribution in [2.24, 2.45) is 12.5 Å². The molecule has 0 radical (unpaired) electrons. The fourth-order valence-corrected chi connectivity index (χ4v) is 1.12. The fraction of sp³-hybridized carbons (Fsp3) is 0.455. The molecule has 0 saturated heterocycles. The maximum Gasteiger partial charge on any atom is 0.240 e. The van der Waals surface area contributed by atoms with Crippen LogP contribution < -0.4 is 5.32 Å². The van der Waals surface area contributed by atoms with E-state index in [-0.39, 0.29) is 5.91 Å². The van der Waals surface area contributed by atoms with Gasteiger partial charge in [0.2, 0.25) is 5.91 Å². The number of aryl methyl sites for hydroxylation is 1. The van der Waals surface area contributed by atoms with Gasteiger partial charge in [0.15, 0.2) is 0 Å². The van der Waals surface area contributed by atoms with Crippen LogP contribution in [0.4, 0.5) is 0 Å². The molecule has 80 valence electrons. The van der Waals surface area contributed by atoms with E-state index in [4.69, 9.17) is 5.26 Å². The lowest BCUT2D eigenvalue weighted by atomic mass is 9.95. The minimum Gasteiger partial charge on any atom is -0.353 e. The Kier molecular flexibility index (Phi) is 3.15. The summed E-state index contributed by atoms with van der Waals surface area (Å²) in [5, 5.41) is 11.5. The Balaban J connectivity index is 2.56. The molecule has 15 heavy (non-hydrogen) atoms. The maximum atomic E-state index is 11.6. The predicted octanol–water partition coefficient (Wildman–Crippen LogP) is 1.19. The van der Waals surface area contributed by atoms with E-state index in [1.807, 2.05) is 36.0 Å². The van der Waals surface area contributed by atoms with Crippen LogP contribution in [0.15, 0.2) is 18.3 Å². The number of carbonyl (C=O) groups excluding carboxylic acids is 1. The molecule has 0 aromatic carbocycles. The summed E-state index contributed by atoms with van der Waals surface area (Å²) >= 11 is 0. The van der Waals surface area contributed by atoms with Crippen molar-refractivity contribution < 1.29 is 4.79 Å². The summed E-state index contributed by atoms with van der Waals surface area (Å²) in [5.41, 5.74) is 0.0441. The average molecular weight is 205 g/mol. The largest absolute Gasteiger partial charge is 0.353 e. The molecule has 1 aromatic rings. The number of hydrogen-bond donors (Lipinski definition) is 1. The summed E-state index contributed by atoms with van der Waals surface area (Å²) in [6.45, 7) is 3.66. The molecular formula is C11H15N3O. The molecule has 0 saturated carbocycles. The van der Waals surface area contributed by atoms with E-state index in [0.717, 1.165) is 5.69 Å². The van der Waals surface area contributed by atoms with Crippen molar-refractivity contribution in [3.05, 3.63) is 24.0 Å². The van der Waals surface area contributed by atoms with Crippen molar-refractivity contribution >= 4 is 5.91 Å². The molecular weight excluding hydrogens is 190 g/mol. The average Bonchev–Trinajstić information content (AvgIpc) is 2.60. The van der Waals surface area contributed by atoms with Gasteiger partial charge in [-0.2, -0.15) is 5.26 Å². The molecule has 0 aliphatic carbocycles. The van der Waals surface area contributed by atoms with Gasteiger partial charge in [0.05, 0.1) is 12.6 Å². The third kappa shape index (κ3) is 2.59. The number of aromatic nitrogens is 1. The lowest BCUT2D eigenvalue weighted by molar-refractivity contribution is -0.126. The Morgan fingerprint density at radius 2 is 2.33 bits per heavy atom. The van der Waals surface area contributed by atoms with Gasteiger partial charge in [0.1, 0.15) is 5.41 Å². The summed E-state index contributed by atoms with van der Waals surface area (Å²) in [6, 6.07) is 5.81. The zero-order valence-corrected chi connectivity index (χ0v) is 9.24. The van der Waals surface area contributed by atoms with E-state index < -0.39 is 5.41 Å². The lowest BCUT2D eigenvalue weighted by Gasteiger charge is -2.15. The van der Waals surface area contributed by atoms with E-state index >= 15 is 0 Å². The molecule has 1 rings (SSSR count). The summed E-state index contributed by atoms with van der Waals surface area (Å²) < 4.78 is 1.93. The van der Waals surface area contributed by atoms with E-state index in [1.54, 1.807) is 13.8 Å². The highest BCUT2D eigenvalue weighted by atomic mass is 16.2. The summed E-state index contributed by atoms with van der Waals surface area (Å²) in [6.07, 6.45) is 1.91. The summed E-state index contributed by atoms with van der Waals surface area (Å²) in [7, 11) is 1.91. The zero-order valence-electron chi connectivity index (χ0n) is 9.24. The van der Waals surface area contributed by atoms with Crippen molar-refractivity contribution in [1.29, 1.82) is 5.26 Å². The van der Waals surface area contributed by atoms with Gasteiger partial charge in [0.25, 0.3) is 0 Å². The topological polar surface area (TPSA) is 57.8 Å². The van der Waals surface area contributed by atoms with Crippen molar-refractivity contribution in [3.63, 3.8) is 0 Å². The second-order valence-electron chi connectivity index (χ2n) is 4.03. The SMILES string of the molecule is Cn1cccc1CNC(=O)C(C)(C)C#N. The number of nitriles is 1. The first-order chi connectivity index (χ1) is 6.97. The van der Waals surface area contributed by atoms with E-state index in [1.165, 1.54) is 0 Å². The Morgan fingerprint density at radius 3 is 2.80 bits per heavy atom. The number of hydrogen-bond acceptors (Lipinski definition) is 2. The smallest absolute Gasteiger partial charge is 0.240 e. The summed E-state index contributed by atoms with van der Waals surface area (Å²) in [4.78, 5) is 11.6. The molecule has 1 N–H and O–H groups in total. The second kappa shape index (κ2) is 4.18. The van der Waals surface area contributed by atoms with Crippen LogP contribution in [0.2, 0.25) is 0 Å². The van der Waals surface area contributed by atoms with Gasteiger partial charge in [0, 0.05) is 18.9 Å². The molecule has 0 unspecified atom stereocenters. The van der Waals surface area contributed by atoms with Crippen LogP contribution in [0.3, 0.4) is 0 Å². The number of amides is 1.